The summed E-state index contributed by atoms with van der Waals surface area (Å²) in [5.41, 5.74) is 2.80. The topological polar surface area (TPSA) is 0 Å². The van der Waals surface area contributed by atoms with Crippen LogP contribution < -0.4 is 0 Å². The molecule has 1 atom stereocenters. The van der Waals surface area contributed by atoms with Crippen LogP contribution in [0, 0.1) is 0 Å². The van der Waals surface area contributed by atoms with Gasteiger partial charge in [-0.05, 0) is 12.0 Å². The molecule has 1 saturated carbocycles. The second-order valence-electron chi connectivity index (χ2n) is 2.83. The van der Waals surface area contributed by atoms with Crippen molar-refractivity contribution in [2.45, 2.75) is 12.3 Å². The van der Waals surface area contributed by atoms with Gasteiger partial charge in [0.05, 0.1) is 0 Å². The molecule has 10 heavy (non-hydrogen) atoms. The lowest BCUT2D eigenvalue weighted by Crippen LogP contribution is -1.74. The van der Waals surface area contributed by atoms with Gasteiger partial charge in [-0.25, -0.2) is 0 Å². The van der Waals surface area contributed by atoms with Crippen LogP contribution in [0.5, 0.6) is 0 Å². The Labute approximate surface area is 61.2 Å². The van der Waals surface area contributed by atoms with E-state index in [9.17, 15) is 0 Å². The second-order valence-corrected chi connectivity index (χ2v) is 2.83. The van der Waals surface area contributed by atoms with Crippen LogP contribution in [0.1, 0.15) is 17.9 Å². The summed E-state index contributed by atoms with van der Waals surface area (Å²) in [4.78, 5) is 0. The molecule has 50 valence electrons. The quantitative estimate of drug-likeness (QED) is 0.513. The summed E-state index contributed by atoms with van der Waals surface area (Å²) in [5, 5.41) is 0. The molecular weight excluding hydrogens is 120 g/mol. The van der Waals surface area contributed by atoms with Crippen molar-refractivity contribution >= 4 is 0 Å². The molecule has 0 aliphatic heterocycles. The number of hydrogen-bond acceptors (Lipinski definition) is 0. The maximum atomic E-state index is 3.92. The van der Waals surface area contributed by atoms with Crippen molar-refractivity contribution in [2.24, 2.45) is 0 Å². The van der Waals surface area contributed by atoms with E-state index in [-0.39, 0.29) is 0 Å². The molecule has 0 spiro atoms. The van der Waals surface area contributed by atoms with Crippen molar-refractivity contribution < 1.29 is 0 Å². The van der Waals surface area contributed by atoms with Gasteiger partial charge >= 0.3 is 0 Å². The van der Waals surface area contributed by atoms with Crippen LogP contribution in [0.4, 0.5) is 0 Å². The summed E-state index contributed by atoms with van der Waals surface area (Å²) < 4.78 is 0. The van der Waals surface area contributed by atoms with Crippen molar-refractivity contribution in [3.05, 3.63) is 48.0 Å². The molecule has 1 fully saturated rings. The van der Waals surface area contributed by atoms with Crippen LogP contribution in [0.3, 0.4) is 0 Å². The fourth-order valence-electron chi connectivity index (χ4n) is 1.24. The lowest BCUT2D eigenvalue weighted by molar-refractivity contribution is 1.16. The average molecular weight is 130 g/mol. The van der Waals surface area contributed by atoms with E-state index in [1.54, 1.807) is 0 Å². The van der Waals surface area contributed by atoms with E-state index in [4.69, 9.17) is 0 Å². The van der Waals surface area contributed by atoms with Crippen molar-refractivity contribution in [3.8, 4) is 0 Å². The van der Waals surface area contributed by atoms with Gasteiger partial charge in [0, 0.05) is 5.92 Å². The lowest BCUT2D eigenvalue weighted by atomic mass is 10.1. The van der Waals surface area contributed by atoms with Crippen LogP contribution in [0.2, 0.25) is 0 Å². The molecule has 0 N–H and O–H groups in total. The number of allylic oxidation sites excluding steroid dienone is 1. The summed E-state index contributed by atoms with van der Waals surface area (Å²) in [5.74, 6) is 0.682. The first-order valence-electron chi connectivity index (χ1n) is 3.60. The monoisotopic (exact) mass is 130 g/mol. The molecule has 0 saturated heterocycles. The van der Waals surface area contributed by atoms with Crippen molar-refractivity contribution in [1.82, 2.24) is 0 Å². The minimum atomic E-state index is 0.682. The Balaban J connectivity index is 2.28. The highest BCUT2D eigenvalue weighted by atomic mass is 14.3. The maximum Gasteiger partial charge on any atom is 0.00830 e. The highest BCUT2D eigenvalue weighted by Crippen LogP contribution is 2.44. The SMILES string of the molecule is C=C1CC1c1ccccc1. The molecule has 1 aromatic rings. The van der Waals surface area contributed by atoms with Crippen LogP contribution in [-0.2, 0) is 0 Å². The van der Waals surface area contributed by atoms with Gasteiger partial charge in [-0.15, -0.1) is 0 Å². The third-order valence-corrected chi connectivity index (χ3v) is 2.00. The summed E-state index contributed by atoms with van der Waals surface area (Å²) in [6.07, 6.45) is 1.20. The molecule has 0 aromatic heterocycles. The molecule has 0 heterocycles. The summed E-state index contributed by atoms with van der Waals surface area (Å²) in [7, 11) is 0. The Morgan fingerprint density at radius 1 is 1.20 bits per heavy atom. The van der Waals surface area contributed by atoms with E-state index in [0.717, 1.165) is 0 Å². The average Bonchev–Trinajstić information content (AvgIpc) is 2.69. The van der Waals surface area contributed by atoms with Gasteiger partial charge in [-0.3, -0.25) is 0 Å². The number of hydrogen-bond donors (Lipinski definition) is 0. The molecule has 2 rings (SSSR count). The van der Waals surface area contributed by atoms with E-state index in [0.29, 0.717) is 5.92 Å². The van der Waals surface area contributed by atoms with Gasteiger partial charge in [0.25, 0.3) is 0 Å². The van der Waals surface area contributed by atoms with E-state index in [1.807, 2.05) is 0 Å². The first-order valence-corrected chi connectivity index (χ1v) is 3.60. The molecule has 0 radical (unpaired) electrons. The van der Waals surface area contributed by atoms with Crippen LogP contribution in [0.25, 0.3) is 0 Å². The van der Waals surface area contributed by atoms with Crippen LogP contribution >= 0.6 is 0 Å². The third-order valence-electron chi connectivity index (χ3n) is 2.00. The fraction of sp³-hybridized carbons (Fsp3) is 0.200. The summed E-state index contributed by atoms with van der Waals surface area (Å²) in [6, 6.07) is 10.6. The second kappa shape index (κ2) is 1.98. The molecule has 1 aromatic carbocycles. The summed E-state index contributed by atoms with van der Waals surface area (Å²) in [6.45, 7) is 3.92. The van der Waals surface area contributed by atoms with E-state index >= 15 is 0 Å². The lowest BCUT2D eigenvalue weighted by Gasteiger charge is -1.92. The molecule has 0 amide bonds. The van der Waals surface area contributed by atoms with Gasteiger partial charge in [-0.1, -0.05) is 42.5 Å². The number of rotatable bonds is 1. The Morgan fingerprint density at radius 2 is 1.80 bits per heavy atom. The van der Waals surface area contributed by atoms with Crippen molar-refractivity contribution in [3.63, 3.8) is 0 Å². The normalized spacial score (nSPS) is 22.8. The standard InChI is InChI=1S/C10H10/c1-8-7-10(8)9-5-3-2-4-6-9/h2-6,10H,1,7H2. The first kappa shape index (κ1) is 5.72. The zero-order valence-corrected chi connectivity index (χ0v) is 5.88. The molecule has 0 heteroatoms. The molecule has 1 aliphatic rings. The molecule has 0 nitrogen and oxygen atoms in total. The molecule has 1 aliphatic carbocycles. The fourth-order valence-corrected chi connectivity index (χ4v) is 1.24. The van der Waals surface area contributed by atoms with E-state index in [1.165, 1.54) is 17.6 Å². The molecular formula is C10H10. The van der Waals surface area contributed by atoms with Crippen molar-refractivity contribution in [1.29, 1.82) is 0 Å². The minimum absolute atomic E-state index is 0.682. The van der Waals surface area contributed by atoms with Gasteiger partial charge in [0.15, 0.2) is 0 Å². The predicted octanol–water partition coefficient (Wildman–Crippen LogP) is 2.73. The van der Waals surface area contributed by atoms with Gasteiger partial charge < -0.3 is 0 Å². The van der Waals surface area contributed by atoms with Crippen LogP contribution in [-0.4, -0.2) is 0 Å². The first-order chi connectivity index (χ1) is 4.88. The Bertz CT molecular complexity index is 246. The highest BCUT2D eigenvalue weighted by molar-refractivity contribution is 5.38. The van der Waals surface area contributed by atoms with Crippen LogP contribution in [0.15, 0.2) is 42.5 Å². The largest absolute Gasteiger partial charge is 0.0992 e. The minimum Gasteiger partial charge on any atom is -0.0992 e. The zero-order valence-electron chi connectivity index (χ0n) is 5.88. The third kappa shape index (κ3) is 0.860. The van der Waals surface area contributed by atoms with Gasteiger partial charge in [0.2, 0.25) is 0 Å². The molecule has 0 bridgehead atoms. The van der Waals surface area contributed by atoms with E-state index < -0.39 is 0 Å². The molecule has 1 unspecified atom stereocenters. The Kier molecular flexibility index (Phi) is 1.13. The van der Waals surface area contributed by atoms with Gasteiger partial charge in [-0.2, -0.15) is 0 Å². The van der Waals surface area contributed by atoms with Crippen molar-refractivity contribution in [2.75, 3.05) is 0 Å². The highest BCUT2D eigenvalue weighted by Gasteiger charge is 2.28. The predicted molar refractivity (Wildman–Crippen MR) is 42.9 cm³/mol. The maximum absolute atomic E-state index is 3.92. The van der Waals surface area contributed by atoms with Gasteiger partial charge in [0.1, 0.15) is 0 Å². The zero-order chi connectivity index (χ0) is 6.97. The summed E-state index contributed by atoms with van der Waals surface area (Å²) >= 11 is 0. The Morgan fingerprint density at radius 3 is 2.30 bits per heavy atom. The van der Waals surface area contributed by atoms with E-state index in [2.05, 4.69) is 36.9 Å². The Hall–Kier alpha value is -1.04. The smallest absolute Gasteiger partial charge is 0.00830 e. The number of benzene rings is 1.